The first kappa shape index (κ1) is 15.5. The standard InChI is InChI=1S/C15H23NO3/c1-11(2)16(8-7-15(17)18)10-13-9-12(3)5-6-14(13)19-4/h5-6,9,11H,7-8,10H2,1-4H3,(H,17,18). The minimum Gasteiger partial charge on any atom is -0.496 e. The van der Waals surface area contributed by atoms with Gasteiger partial charge in [0.2, 0.25) is 0 Å². The van der Waals surface area contributed by atoms with Gasteiger partial charge in [0, 0.05) is 24.7 Å². The Bertz CT molecular complexity index is 429. The van der Waals surface area contributed by atoms with Crippen molar-refractivity contribution in [2.45, 2.75) is 39.8 Å². The van der Waals surface area contributed by atoms with Gasteiger partial charge in [0.05, 0.1) is 13.5 Å². The van der Waals surface area contributed by atoms with E-state index in [9.17, 15) is 4.79 Å². The number of benzene rings is 1. The van der Waals surface area contributed by atoms with Gasteiger partial charge < -0.3 is 9.84 Å². The molecule has 0 aliphatic rings. The lowest BCUT2D eigenvalue weighted by molar-refractivity contribution is -0.137. The van der Waals surface area contributed by atoms with E-state index in [1.165, 1.54) is 5.56 Å². The molecule has 4 nitrogen and oxygen atoms in total. The summed E-state index contributed by atoms with van der Waals surface area (Å²) >= 11 is 0. The summed E-state index contributed by atoms with van der Waals surface area (Å²) in [5, 5.41) is 8.80. The van der Waals surface area contributed by atoms with Gasteiger partial charge in [-0.05, 0) is 26.8 Å². The van der Waals surface area contributed by atoms with Crippen molar-refractivity contribution in [3.05, 3.63) is 29.3 Å². The van der Waals surface area contributed by atoms with E-state index in [0.717, 1.165) is 11.3 Å². The van der Waals surface area contributed by atoms with Crippen molar-refractivity contribution in [3.63, 3.8) is 0 Å². The van der Waals surface area contributed by atoms with Crippen LogP contribution in [0.25, 0.3) is 0 Å². The molecule has 0 spiro atoms. The Morgan fingerprint density at radius 2 is 2.11 bits per heavy atom. The fourth-order valence-corrected chi connectivity index (χ4v) is 2.01. The molecule has 1 rings (SSSR count). The second-order valence-corrected chi connectivity index (χ2v) is 5.02. The molecule has 0 atom stereocenters. The molecule has 0 radical (unpaired) electrons. The normalized spacial score (nSPS) is 11.1. The van der Waals surface area contributed by atoms with Crippen molar-refractivity contribution >= 4 is 5.97 Å². The van der Waals surface area contributed by atoms with Crippen LogP contribution >= 0.6 is 0 Å². The number of aliphatic carboxylic acids is 1. The number of rotatable bonds is 7. The van der Waals surface area contributed by atoms with Crippen LogP contribution in [0.1, 0.15) is 31.4 Å². The van der Waals surface area contributed by atoms with E-state index in [2.05, 4.69) is 24.8 Å². The van der Waals surface area contributed by atoms with Gasteiger partial charge in [-0.1, -0.05) is 17.7 Å². The first-order valence-electron chi connectivity index (χ1n) is 6.53. The fourth-order valence-electron chi connectivity index (χ4n) is 2.01. The zero-order valence-electron chi connectivity index (χ0n) is 12.1. The van der Waals surface area contributed by atoms with E-state index in [1.54, 1.807) is 7.11 Å². The average molecular weight is 265 g/mol. The maximum Gasteiger partial charge on any atom is 0.304 e. The monoisotopic (exact) mass is 265 g/mol. The zero-order chi connectivity index (χ0) is 14.4. The van der Waals surface area contributed by atoms with E-state index in [-0.39, 0.29) is 6.42 Å². The third-order valence-electron chi connectivity index (χ3n) is 3.15. The molecule has 0 saturated carbocycles. The summed E-state index contributed by atoms with van der Waals surface area (Å²) in [5.74, 6) is 0.0911. The van der Waals surface area contributed by atoms with Gasteiger partial charge in [0.1, 0.15) is 5.75 Å². The molecule has 106 valence electrons. The van der Waals surface area contributed by atoms with Crippen LogP contribution in [0.4, 0.5) is 0 Å². The number of carboxylic acids is 1. The molecule has 19 heavy (non-hydrogen) atoms. The van der Waals surface area contributed by atoms with Crippen molar-refractivity contribution < 1.29 is 14.6 Å². The van der Waals surface area contributed by atoms with Crippen LogP contribution in [0.5, 0.6) is 5.75 Å². The summed E-state index contributed by atoms with van der Waals surface area (Å²) < 4.78 is 5.36. The number of carbonyl (C=O) groups is 1. The van der Waals surface area contributed by atoms with Crippen LogP contribution in [0, 0.1) is 6.92 Å². The second-order valence-electron chi connectivity index (χ2n) is 5.02. The lowest BCUT2D eigenvalue weighted by Crippen LogP contribution is -2.32. The quantitative estimate of drug-likeness (QED) is 0.823. The molecule has 0 fully saturated rings. The molecule has 1 aromatic rings. The number of ether oxygens (including phenoxy) is 1. The van der Waals surface area contributed by atoms with Gasteiger partial charge in [-0.2, -0.15) is 0 Å². The second kappa shape index (κ2) is 7.14. The number of hydrogen-bond acceptors (Lipinski definition) is 3. The largest absolute Gasteiger partial charge is 0.496 e. The van der Waals surface area contributed by atoms with E-state index in [0.29, 0.717) is 19.1 Å². The topological polar surface area (TPSA) is 49.8 Å². The highest BCUT2D eigenvalue weighted by molar-refractivity contribution is 5.66. The summed E-state index contributed by atoms with van der Waals surface area (Å²) in [5.41, 5.74) is 2.28. The first-order valence-corrected chi connectivity index (χ1v) is 6.53. The molecule has 1 aromatic carbocycles. The zero-order valence-corrected chi connectivity index (χ0v) is 12.1. The SMILES string of the molecule is COc1ccc(C)cc1CN(CCC(=O)O)C(C)C. The smallest absolute Gasteiger partial charge is 0.304 e. The van der Waals surface area contributed by atoms with Crippen molar-refractivity contribution in [2.75, 3.05) is 13.7 Å². The molecular weight excluding hydrogens is 242 g/mol. The Kier molecular flexibility index (Phi) is 5.83. The molecule has 0 saturated heterocycles. The van der Waals surface area contributed by atoms with E-state index in [4.69, 9.17) is 9.84 Å². The predicted molar refractivity (Wildman–Crippen MR) is 75.5 cm³/mol. The van der Waals surface area contributed by atoms with Crippen LogP contribution < -0.4 is 4.74 Å². The summed E-state index contributed by atoms with van der Waals surface area (Å²) in [6, 6.07) is 6.36. The third-order valence-corrected chi connectivity index (χ3v) is 3.15. The van der Waals surface area contributed by atoms with Crippen LogP contribution in [0.15, 0.2) is 18.2 Å². The summed E-state index contributed by atoms with van der Waals surface area (Å²) in [7, 11) is 1.66. The van der Waals surface area contributed by atoms with Crippen molar-refractivity contribution in [2.24, 2.45) is 0 Å². The molecule has 0 aromatic heterocycles. The molecule has 1 N–H and O–H groups in total. The predicted octanol–water partition coefficient (Wildman–Crippen LogP) is 2.69. The Labute approximate surface area is 115 Å². The molecular formula is C15H23NO3. The van der Waals surface area contributed by atoms with Gasteiger partial charge in [-0.25, -0.2) is 0 Å². The summed E-state index contributed by atoms with van der Waals surface area (Å²) in [6.45, 7) is 7.44. The van der Waals surface area contributed by atoms with Crippen LogP contribution in [-0.2, 0) is 11.3 Å². The lowest BCUT2D eigenvalue weighted by Gasteiger charge is -2.26. The van der Waals surface area contributed by atoms with Crippen molar-refractivity contribution in [1.29, 1.82) is 0 Å². The van der Waals surface area contributed by atoms with Crippen LogP contribution in [-0.4, -0.2) is 35.7 Å². The number of aryl methyl sites for hydroxylation is 1. The highest BCUT2D eigenvalue weighted by Gasteiger charge is 2.14. The van der Waals surface area contributed by atoms with Gasteiger partial charge in [0.25, 0.3) is 0 Å². The highest BCUT2D eigenvalue weighted by atomic mass is 16.5. The molecule has 0 unspecified atom stereocenters. The Balaban J connectivity index is 2.83. The number of hydrogen-bond donors (Lipinski definition) is 1. The van der Waals surface area contributed by atoms with Crippen LogP contribution in [0.2, 0.25) is 0 Å². The maximum absolute atomic E-state index is 10.7. The minimum absolute atomic E-state index is 0.159. The molecule has 0 heterocycles. The molecule has 4 heteroatoms. The highest BCUT2D eigenvalue weighted by Crippen LogP contribution is 2.22. The van der Waals surface area contributed by atoms with E-state index >= 15 is 0 Å². The van der Waals surface area contributed by atoms with Crippen LogP contribution in [0.3, 0.4) is 0 Å². The Hall–Kier alpha value is -1.55. The summed E-state index contributed by atoms with van der Waals surface area (Å²) in [4.78, 5) is 12.8. The minimum atomic E-state index is -0.762. The average Bonchev–Trinajstić information content (AvgIpc) is 2.34. The number of methoxy groups -OCH3 is 1. The molecule has 0 aliphatic carbocycles. The Morgan fingerprint density at radius 3 is 2.63 bits per heavy atom. The van der Waals surface area contributed by atoms with E-state index < -0.39 is 5.97 Å². The van der Waals surface area contributed by atoms with Gasteiger partial charge in [-0.15, -0.1) is 0 Å². The van der Waals surface area contributed by atoms with Gasteiger partial charge in [-0.3, -0.25) is 9.69 Å². The van der Waals surface area contributed by atoms with Crippen molar-refractivity contribution in [3.8, 4) is 5.75 Å². The van der Waals surface area contributed by atoms with Gasteiger partial charge >= 0.3 is 5.97 Å². The number of nitrogens with zero attached hydrogens (tertiary/aromatic N) is 1. The molecule has 0 bridgehead atoms. The maximum atomic E-state index is 10.7. The summed E-state index contributed by atoms with van der Waals surface area (Å²) in [6.07, 6.45) is 0.159. The van der Waals surface area contributed by atoms with Crippen molar-refractivity contribution in [1.82, 2.24) is 4.90 Å². The van der Waals surface area contributed by atoms with E-state index in [1.807, 2.05) is 19.1 Å². The third kappa shape index (κ3) is 4.91. The first-order chi connectivity index (χ1) is 8.93. The molecule has 0 aliphatic heterocycles. The fraction of sp³-hybridized carbons (Fsp3) is 0.533. The molecule has 0 amide bonds. The Morgan fingerprint density at radius 1 is 1.42 bits per heavy atom. The number of carboxylic acid groups (broad SMARTS) is 1. The lowest BCUT2D eigenvalue weighted by atomic mass is 10.1. The van der Waals surface area contributed by atoms with Gasteiger partial charge in [0.15, 0.2) is 0 Å².